The largest absolute Gasteiger partial charge is 0.462 e. The van der Waals surface area contributed by atoms with Crippen LogP contribution in [0, 0.1) is 11.8 Å². The topological polar surface area (TPSA) is 18.5 Å². The van der Waals surface area contributed by atoms with Gasteiger partial charge in [0.05, 0.1) is 12.2 Å². The second kappa shape index (κ2) is 8.06. The molecule has 1 saturated heterocycles. The lowest BCUT2D eigenvalue weighted by Crippen LogP contribution is -2.38. The van der Waals surface area contributed by atoms with Crippen molar-refractivity contribution in [3.8, 4) is 0 Å². The molecular formula is C21H31BO2. The predicted molar refractivity (Wildman–Crippen MR) is 98.8 cm³/mol. The van der Waals surface area contributed by atoms with Crippen LogP contribution in [0.2, 0.25) is 0 Å². The Morgan fingerprint density at radius 2 is 1.21 bits per heavy atom. The van der Waals surface area contributed by atoms with E-state index in [0.717, 1.165) is 18.2 Å². The minimum atomic E-state index is -0.0359. The Labute approximate surface area is 147 Å². The first-order valence-corrected chi connectivity index (χ1v) is 10.2. The van der Waals surface area contributed by atoms with Gasteiger partial charge in [0.2, 0.25) is 0 Å². The number of hydrogen-bond acceptors (Lipinski definition) is 2. The van der Waals surface area contributed by atoms with Crippen LogP contribution in [-0.2, 0) is 15.6 Å². The number of hydrogen-bond donors (Lipinski definition) is 0. The van der Waals surface area contributed by atoms with E-state index in [1.54, 1.807) is 0 Å². The Morgan fingerprint density at radius 3 is 1.71 bits per heavy atom. The van der Waals surface area contributed by atoms with Gasteiger partial charge in [0.25, 0.3) is 0 Å². The monoisotopic (exact) mass is 326 g/mol. The molecule has 1 aliphatic heterocycles. The van der Waals surface area contributed by atoms with Gasteiger partial charge < -0.3 is 9.31 Å². The Hall–Kier alpha value is -0.795. The molecule has 0 radical (unpaired) electrons. The molecule has 2 unspecified atom stereocenters. The Bertz CT molecular complexity index is 468. The van der Waals surface area contributed by atoms with Crippen molar-refractivity contribution in [1.29, 1.82) is 0 Å². The summed E-state index contributed by atoms with van der Waals surface area (Å²) in [4.78, 5) is 0. The zero-order valence-corrected chi connectivity index (χ0v) is 14.9. The van der Waals surface area contributed by atoms with E-state index < -0.39 is 0 Å². The third-order valence-electron chi connectivity index (χ3n) is 6.42. The maximum atomic E-state index is 6.55. The highest BCUT2D eigenvalue weighted by Crippen LogP contribution is 2.40. The fourth-order valence-corrected chi connectivity index (χ4v) is 5.12. The zero-order valence-electron chi connectivity index (χ0n) is 14.9. The van der Waals surface area contributed by atoms with Gasteiger partial charge in [-0.1, -0.05) is 74.4 Å². The molecule has 3 fully saturated rings. The molecule has 2 nitrogen and oxygen atoms in total. The summed E-state index contributed by atoms with van der Waals surface area (Å²) >= 11 is 0. The maximum absolute atomic E-state index is 6.55. The highest BCUT2D eigenvalue weighted by Gasteiger charge is 2.46. The summed E-state index contributed by atoms with van der Waals surface area (Å²) in [7, 11) is -0.0359. The third-order valence-corrected chi connectivity index (χ3v) is 6.42. The van der Waals surface area contributed by atoms with Crippen molar-refractivity contribution in [1.82, 2.24) is 0 Å². The summed E-state index contributed by atoms with van der Waals surface area (Å²) in [5.41, 5.74) is 1.33. The molecule has 1 heterocycles. The molecule has 2 aliphatic carbocycles. The van der Waals surface area contributed by atoms with E-state index in [1.807, 2.05) is 0 Å². The van der Waals surface area contributed by atoms with Crippen molar-refractivity contribution in [2.24, 2.45) is 11.8 Å². The Balaban J connectivity index is 1.46. The van der Waals surface area contributed by atoms with E-state index in [-0.39, 0.29) is 7.12 Å². The van der Waals surface area contributed by atoms with Gasteiger partial charge in [0, 0.05) is 6.32 Å². The van der Waals surface area contributed by atoms with Crippen LogP contribution in [-0.4, -0.2) is 19.3 Å². The van der Waals surface area contributed by atoms with Gasteiger partial charge in [-0.05, 0) is 37.5 Å². The normalized spacial score (nSPS) is 29.9. The van der Waals surface area contributed by atoms with Crippen molar-refractivity contribution in [2.45, 2.75) is 82.7 Å². The Morgan fingerprint density at radius 1 is 0.708 bits per heavy atom. The minimum Gasteiger partial charge on any atom is -0.405 e. The number of benzene rings is 1. The van der Waals surface area contributed by atoms with Crippen molar-refractivity contribution in [3.63, 3.8) is 0 Å². The average Bonchev–Trinajstić information content (AvgIpc) is 3.08. The van der Waals surface area contributed by atoms with E-state index >= 15 is 0 Å². The molecule has 0 aromatic heterocycles. The summed E-state index contributed by atoms with van der Waals surface area (Å²) in [5.74, 6) is 1.46. The van der Waals surface area contributed by atoms with E-state index in [1.165, 1.54) is 69.8 Å². The molecule has 2 saturated carbocycles. The molecular weight excluding hydrogens is 295 g/mol. The second-order valence-corrected chi connectivity index (χ2v) is 8.12. The highest BCUT2D eigenvalue weighted by atomic mass is 16.7. The molecule has 1 aromatic carbocycles. The first kappa shape index (κ1) is 16.7. The van der Waals surface area contributed by atoms with Gasteiger partial charge in [0.15, 0.2) is 0 Å². The highest BCUT2D eigenvalue weighted by molar-refractivity contribution is 6.44. The van der Waals surface area contributed by atoms with Crippen molar-refractivity contribution in [3.05, 3.63) is 35.9 Å². The van der Waals surface area contributed by atoms with E-state index in [0.29, 0.717) is 12.2 Å². The molecule has 0 spiro atoms. The van der Waals surface area contributed by atoms with Crippen molar-refractivity contribution < 1.29 is 9.31 Å². The predicted octanol–water partition coefficient (Wildman–Crippen LogP) is 5.20. The average molecular weight is 326 g/mol. The fraction of sp³-hybridized carbons (Fsp3) is 0.714. The molecule has 4 rings (SSSR count). The van der Waals surface area contributed by atoms with E-state index in [4.69, 9.17) is 9.31 Å². The zero-order chi connectivity index (χ0) is 16.2. The van der Waals surface area contributed by atoms with Crippen molar-refractivity contribution in [2.75, 3.05) is 0 Å². The lowest BCUT2D eigenvalue weighted by Gasteiger charge is -2.35. The van der Waals surface area contributed by atoms with E-state index in [2.05, 4.69) is 30.3 Å². The summed E-state index contributed by atoms with van der Waals surface area (Å²) in [6.07, 6.45) is 15.3. The minimum absolute atomic E-state index is 0.0359. The van der Waals surface area contributed by atoms with Gasteiger partial charge in [-0.15, -0.1) is 0 Å². The lowest BCUT2D eigenvalue weighted by molar-refractivity contribution is 0.0324. The quantitative estimate of drug-likeness (QED) is 0.708. The summed E-state index contributed by atoms with van der Waals surface area (Å²) in [5, 5.41) is 0. The van der Waals surface area contributed by atoms with Crippen LogP contribution < -0.4 is 0 Å². The van der Waals surface area contributed by atoms with Crippen LogP contribution in [0.4, 0.5) is 0 Å². The van der Waals surface area contributed by atoms with Gasteiger partial charge in [-0.2, -0.15) is 0 Å². The van der Waals surface area contributed by atoms with Gasteiger partial charge in [0.1, 0.15) is 0 Å². The number of rotatable bonds is 4. The molecule has 0 bridgehead atoms. The standard InChI is InChI=1S/C21H31BO2/c1-4-10-17(11-5-1)16-22-23-20(18-12-6-2-7-13-18)21(24-22)19-14-8-3-9-15-19/h1,4-5,10-11,18-21H,2-3,6-9,12-16H2. The van der Waals surface area contributed by atoms with Gasteiger partial charge in [-0.3, -0.25) is 0 Å². The maximum Gasteiger partial charge on any atom is 0.462 e. The molecule has 24 heavy (non-hydrogen) atoms. The van der Waals surface area contributed by atoms with Crippen LogP contribution in [0.3, 0.4) is 0 Å². The second-order valence-electron chi connectivity index (χ2n) is 8.12. The smallest absolute Gasteiger partial charge is 0.405 e. The first-order valence-electron chi connectivity index (χ1n) is 10.2. The third kappa shape index (κ3) is 3.88. The summed E-state index contributed by atoms with van der Waals surface area (Å²) < 4.78 is 13.1. The van der Waals surface area contributed by atoms with Crippen LogP contribution in [0.25, 0.3) is 0 Å². The fourth-order valence-electron chi connectivity index (χ4n) is 5.12. The molecule has 3 aliphatic rings. The van der Waals surface area contributed by atoms with Crippen LogP contribution in [0.5, 0.6) is 0 Å². The molecule has 2 atom stereocenters. The molecule has 3 heteroatoms. The van der Waals surface area contributed by atoms with Gasteiger partial charge >= 0.3 is 7.12 Å². The Kier molecular flexibility index (Phi) is 5.59. The van der Waals surface area contributed by atoms with Crippen LogP contribution >= 0.6 is 0 Å². The SMILES string of the molecule is c1ccc(CB2OC(C3CCCCC3)C(C3CCCCC3)O2)cc1. The molecule has 1 aromatic rings. The van der Waals surface area contributed by atoms with Crippen LogP contribution in [0.1, 0.15) is 69.8 Å². The van der Waals surface area contributed by atoms with E-state index in [9.17, 15) is 0 Å². The molecule has 0 amide bonds. The molecule has 130 valence electrons. The van der Waals surface area contributed by atoms with Crippen molar-refractivity contribution >= 4 is 7.12 Å². The van der Waals surface area contributed by atoms with Crippen LogP contribution in [0.15, 0.2) is 30.3 Å². The van der Waals surface area contributed by atoms with Gasteiger partial charge in [-0.25, -0.2) is 0 Å². The lowest BCUT2D eigenvalue weighted by atomic mass is 9.77. The summed E-state index contributed by atoms with van der Waals surface area (Å²) in [6.45, 7) is 0. The first-order chi connectivity index (χ1) is 11.9. The molecule has 0 N–H and O–H groups in total. The summed E-state index contributed by atoms with van der Waals surface area (Å²) in [6, 6.07) is 10.7.